The number of aliphatic carboxylic acids is 1. The molecule has 20 heavy (non-hydrogen) atoms. The van der Waals surface area contributed by atoms with Crippen LogP contribution in [0.3, 0.4) is 0 Å². The molecule has 116 valence electrons. The van der Waals surface area contributed by atoms with Crippen LogP contribution in [0.1, 0.15) is 65.2 Å². The molecule has 0 saturated heterocycles. The minimum absolute atomic E-state index is 0.153. The largest absolute Gasteiger partial charge is 0.481 e. The zero-order valence-electron chi connectivity index (χ0n) is 13.3. The van der Waals surface area contributed by atoms with Gasteiger partial charge in [0.05, 0.1) is 5.92 Å². The first-order valence-corrected chi connectivity index (χ1v) is 8.47. The number of hydrogen-bond acceptors (Lipinski definition) is 2. The molecule has 0 aromatic rings. The fraction of sp³-hybridized carbons (Fsp3) is 0.941. The zero-order chi connectivity index (χ0) is 14.7. The molecule has 0 aliphatic heterocycles. The highest BCUT2D eigenvalue weighted by atomic mass is 16.4. The summed E-state index contributed by atoms with van der Waals surface area (Å²) >= 11 is 0. The molecular weight excluding hydrogens is 250 g/mol. The maximum Gasteiger partial charge on any atom is 0.308 e. The summed E-state index contributed by atoms with van der Waals surface area (Å²) < 4.78 is 0. The van der Waals surface area contributed by atoms with Crippen molar-refractivity contribution in [2.75, 3.05) is 7.05 Å². The van der Waals surface area contributed by atoms with Gasteiger partial charge in [0.2, 0.25) is 0 Å². The van der Waals surface area contributed by atoms with Gasteiger partial charge in [0.25, 0.3) is 0 Å². The lowest BCUT2D eigenvalue weighted by Crippen LogP contribution is -2.50. The Hall–Kier alpha value is -0.570. The quantitative estimate of drug-likeness (QED) is 0.852. The second-order valence-electron chi connectivity index (χ2n) is 7.18. The van der Waals surface area contributed by atoms with Crippen molar-refractivity contribution < 1.29 is 9.90 Å². The first-order chi connectivity index (χ1) is 9.52. The van der Waals surface area contributed by atoms with Gasteiger partial charge in [-0.2, -0.15) is 0 Å². The lowest BCUT2D eigenvalue weighted by Gasteiger charge is -2.44. The number of hydrogen-bond donors (Lipinski definition) is 1. The molecule has 2 saturated carbocycles. The Morgan fingerprint density at radius 1 is 1.15 bits per heavy atom. The summed E-state index contributed by atoms with van der Waals surface area (Å²) in [4.78, 5) is 14.0. The average Bonchev–Trinajstić information content (AvgIpc) is 2.46. The van der Waals surface area contributed by atoms with Gasteiger partial charge in [-0.1, -0.05) is 20.3 Å². The van der Waals surface area contributed by atoms with Gasteiger partial charge in [-0.25, -0.2) is 0 Å². The van der Waals surface area contributed by atoms with E-state index in [2.05, 4.69) is 25.8 Å². The molecule has 0 amide bonds. The number of nitrogens with zero attached hydrogens (tertiary/aromatic N) is 1. The lowest BCUT2D eigenvalue weighted by molar-refractivity contribution is -0.146. The normalized spacial score (nSPS) is 38.9. The van der Waals surface area contributed by atoms with Gasteiger partial charge in [0, 0.05) is 12.1 Å². The smallest absolute Gasteiger partial charge is 0.308 e. The van der Waals surface area contributed by atoms with Crippen LogP contribution in [0.4, 0.5) is 0 Å². The molecule has 0 aromatic carbocycles. The molecule has 0 radical (unpaired) electrons. The predicted molar refractivity (Wildman–Crippen MR) is 81.7 cm³/mol. The van der Waals surface area contributed by atoms with E-state index in [-0.39, 0.29) is 12.0 Å². The van der Waals surface area contributed by atoms with Gasteiger partial charge in [-0.15, -0.1) is 0 Å². The van der Waals surface area contributed by atoms with E-state index in [0.717, 1.165) is 25.2 Å². The average molecular weight is 281 g/mol. The number of rotatable bonds is 4. The summed E-state index contributed by atoms with van der Waals surface area (Å²) in [5.41, 5.74) is 0. The third-order valence-electron chi connectivity index (χ3n) is 5.89. The summed E-state index contributed by atoms with van der Waals surface area (Å²) in [6.07, 6.45) is 9.45. The van der Waals surface area contributed by atoms with Crippen LogP contribution in [0.2, 0.25) is 0 Å². The van der Waals surface area contributed by atoms with E-state index in [0.29, 0.717) is 12.0 Å². The van der Waals surface area contributed by atoms with E-state index in [4.69, 9.17) is 0 Å². The minimum Gasteiger partial charge on any atom is -0.481 e. The van der Waals surface area contributed by atoms with E-state index < -0.39 is 5.97 Å². The third-order valence-corrected chi connectivity index (χ3v) is 5.89. The molecule has 3 unspecified atom stereocenters. The lowest BCUT2D eigenvalue weighted by atomic mass is 9.76. The van der Waals surface area contributed by atoms with Crippen molar-refractivity contribution in [2.24, 2.45) is 17.8 Å². The van der Waals surface area contributed by atoms with Crippen LogP contribution in [0.5, 0.6) is 0 Å². The van der Waals surface area contributed by atoms with Gasteiger partial charge in [-0.3, -0.25) is 9.69 Å². The third kappa shape index (κ3) is 3.55. The SMILES string of the molecule is CCC1CCC(N(C)C2CC(C)CCC2C(=O)O)CC1. The molecule has 0 heterocycles. The Bertz CT molecular complexity index is 323. The Morgan fingerprint density at radius 2 is 1.80 bits per heavy atom. The number of carboxylic acids is 1. The van der Waals surface area contributed by atoms with Crippen LogP contribution in [0.25, 0.3) is 0 Å². The molecule has 2 fully saturated rings. The van der Waals surface area contributed by atoms with Crippen molar-refractivity contribution in [3.8, 4) is 0 Å². The summed E-state index contributed by atoms with van der Waals surface area (Å²) in [5.74, 6) is 0.835. The first kappa shape index (κ1) is 15.8. The molecule has 1 N–H and O–H groups in total. The zero-order valence-corrected chi connectivity index (χ0v) is 13.3. The fourth-order valence-electron chi connectivity index (χ4n) is 4.32. The van der Waals surface area contributed by atoms with Crippen LogP contribution in [-0.4, -0.2) is 35.1 Å². The Labute approximate surface area is 123 Å². The van der Waals surface area contributed by atoms with E-state index in [9.17, 15) is 9.90 Å². The molecule has 3 heteroatoms. The van der Waals surface area contributed by atoms with Gasteiger partial charge in [0.1, 0.15) is 0 Å². The first-order valence-electron chi connectivity index (χ1n) is 8.47. The van der Waals surface area contributed by atoms with Crippen LogP contribution in [0.15, 0.2) is 0 Å². The Balaban J connectivity index is 1.98. The van der Waals surface area contributed by atoms with Crippen LogP contribution < -0.4 is 0 Å². The van der Waals surface area contributed by atoms with Crippen molar-refractivity contribution in [2.45, 2.75) is 77.3 Å². The van der Waals surface area contributed by atoms with Crippen molar-refractivity contribution in [3.63, 3.8) is 0 Å². The van der Waals surface area contributed by atoms with E-state index in [1.165, 1.54) is 32.1 Å². The van der Waals surface area contributed by atoms with Gasteiger partial charge in [0.15, 0.2) is 0 Å². The molecule has 2 rings (SSSR count). The highest BCUT2D eigenvalue weighted by Crippen LogP contribution is 2.36. The van der Waals surface area contributed by atoms with Crippen molar-refractivity contribution in [1.82, 2.24) is 4.90 Å². The Kier molecular flexibility index (Phi) is 5.48. The van der Waals surface area contributed by atoms with Crippen LogP contribution in [-0.2, 0) is 4.79 Å². The standard InChI is InChI=1S/C17H31NO2/c1-4-13-6-8-14(9-7-13)18(3)16-11-12(2)5-10-15(16)17(19)20/h12-16H,4-11H2,1-3H3,(H,19,20). The summed E-state index contributed by atoms with van der Waals surface area (Å²) in [6.45, 7) is 4.56. The van der Waals surface area contributed by atoms with Gasteiger partial charge < -0.3 is 5.11 Å². The highest BCUT2D eigenvalue weighted by Gasteiger charge is 2.38. The number of carboxylic acid groups (broad SMARTS) is 1. The number of carbonyl (C=O) groups is 1. The van der Waals surface area contributed by atoms with Crippen LogP contribution >= 0.6 is 0 Å². The molecule has 0 bridgehead atoms. The second-order valence-corrected chi connectivity index (χ2v) is 7.18. The van der Waals surface area contributed by atoms with Crippen molar-refractivity contribution >= 4 is 5.97 Å². The molecular formula is C17H31NO2. The van der Waals surface area contributed by atoms with E-state index >= 15 is 0 Å². The Morgan fingerprint density at radius 3 is 2.35 bits per heavy atom. The van der Waals surface area contributed by atoms with Gasteiger partial charge in [-0.05, 0) is 63.8 Å². The molecule has 2 aliphatic carbocycles. The molecule has 3 atom stereocenters. The molecule has 0 spiro atoms. The van der Waals surface area contributed by atoms with E-state index in [1.54, 1.807) is 0 Å². The van der Waals surface area contributed by atoms with Crippen molar-refractivity contribution in [3.05, 3.63) is 0 Å². The predicted octanol–water partition coefficient (Wildman–Crippen LogP) is 3.78. The van der Waals surface area contributed by atoms with Crippen molar-refractivity contribution in [1.29, 1.82) is 0 Å². The summed E-state index contributed by atoms with van der Waals surface area (Å²) in [5, 5.41) is 9.50. The van der Waals surface area contributed by atoms with Crippen LogP contribution in [0, 0.1) is 17.8 Å². The minimum atomic E-state index is -0.587. The maximum absolute atomic E-state index is 11.5. The second kappa shape index (κ2) is 6.93. The monoisotopic (exact) mass is 281 g/mol. The summed E-state index contributed by atoms with van der Waals surface area (Å²) in [7, 11) is 2.18. The molecule has 2 aliphatic rings. The highest BCUT2D eigenvalue weighted by molar-refractivity contribution is 5.71. The fourth-order valence-corrected chi connectivity index (χ4v) is 4.32. The van der Waals surface area contributed by atoms with Gasteiger partial charge >= 0.3 is 5.97 Å². The maximum atomic E-state index is 11.5. The van der Waals surface area contributed by atoms with E-state index in [1.807, 2.05) is 0 Å². The molecule has 0 aromatic heterocycles. The summed E-state index contributed by atoms with van der Waals surface area (Å²) in [6, 6.07) is 0.856. The molecule has 3 nitrogen and oxygen atoms in total. The topological polar surface area (TPSA) is 40.5 Å².